The second-order valence-corrected chi connectivity index (χ2v) is 13.1. The Kier molecular flexibility index (Phi) is 29.4. The zero-order chi connectivity index (χ0) is 35.7. The van der Waals surface area contributed by atoms with Crippen molar-refractivity contribution in [1.82, 2.24) is 0 Å². The van der Waals surface area contributed by atoms with Crippen molar-refractivity contribution in [3.63, 3.8) is 0 Å². The number of esters is 2. The molecule has 274 valence electrons. The van der Waals surface area contributed by atoms with Gasteiger partial charge in [-0.05, 0) is 44.9 Å². The second kappa shape index (κ2) is 31.3. The van der Waals surface area contributed by atoms with Crippen molar-refractivity contribution in [1.29, 1.82) is 0 Å². The molecule has 0 radical (unpaired) electrons. The molecule has 0 aromatic heterocycles. The maximum atomic E-state index is 12.6. The van der Waals surface area contributed by atoms with E-state index in [1.165, 1.54) is 32.1 Å². The predicted octanol–water partition coefficient (Wildman–Crippen LogP) is 9.07. The third-order valence-corrected chi connectivity index (χ3v) is 7.70. The van der Waals surface area contributed by atoms with Crippen molar-refractivity contribution >= 4 is 17.9 Å². The van der Waals surface area contributed by atoms with Gasteiger partial charge in [0.15, 0.2) is 12.1 Å². The van der Waals surface area contributed by atoms with Crippen molar-refractivity contribution in [2.45, 2.75) is 135 Å². The molecule has 0 fully saturated rings. The Morgan fingerprint density at radius 3 is 1.69 bits per heavy atom. The topological polar surface area (TPSA) is 99.1 Å². The molecule has 0 saturated heterocycles. The summed E-state index contributed by atoms with van der Waals surface area (Å²) in [6.45, 7) is 4.48. The van der Waals surface area contributed by atoms with Gasteiger partial charge in [-0.2, -0.15) is 0 Å². The van der Waals surface area contributed by atoms with Gasteiger partial charge in [-0.25, -0.2) is 4.79 Å². The van der Waals surface area contributed by atoms with E-state index in [0.29, 0.717) is 19.3 Å². The fourth-order valence-electron chi connectivity index (χ4n) is 4.84. The lowest BCUT2D eigenvalue weighted by molar-refractivity contribution is -0.887. The molecule has 8 nitrogen and oxygen atoms in total. The maximum absolute atomic E-state index is 12.6. The Morgan fingerprint density at radius 1 is 0.646 bits per heavy atom. The van der Waals surface area contributed by atoms with Crippen LogP contribution in [0, 0.1) is 0 Å². The number of carboxylic acid groups (broad SMARTS) is 1. The number of aliphatic carboxylic acids is 1. The minimum atomic E-state index is -0.888. The Labute approximate surface area is 292 Å². The van der Waals surface area contributed by atoms with Crippen LogP contribution in [0.15, 0.2) is 60.8 Å². The molecule has 48 heavy (non-hydrogen) atoms. The molecule has 0 aliphatic carbocycles. The van der Waals surface area contributed by atoms with Gasteiger partial charge in [-0.3, -0.25) is 9.59 Å². The Morgan fingerprint density at radius 2 is 1.17 bits per heavy atom. The van der Waals surface area contributed by atoms with Crippen LogP contribution in [0.4, 0.5) is 0 Å². The molecule has 0 aromatic rings. The van der Waals surface area contributed by atoms with E-state index in [1.807, 2.05) is 33.3 Å². The summed E-state index contributed by atoms with van der Waals surface area (Å²) in [6, 6.07) is -0.623. The van der Waals surface area contributed by atoms with Crippen LogP contribution < -0.4 is 0 Å². The molecule has 0 aliphatic heterocycles. The average Bonchev–Trinajstić information content (AvgIpc) is 3.03. The van der Waals surface area contributed by atoms with Crippen LogP contribution in [0.3, 0.4) is 0 Å². The SMILES string of the molecule is CC/C=C/C/C=C/C/C=C/C/C=C/C/C=C/CCC(=O)OCC(COCCC(C(=O)O)[N+](C)(C)C)OC(=O)CCCCCCCCCC. The van der Waals surface area contributed by atoms with Gasteiger partial charge in [0, 0.05) is 19.3 Å². The highest BCUT2D eigenvalue weighted by Crippen LogP contribution is 2.12. The molecule has 0 bridgehead atoms. The van der Waals surface area contributed by atoms with Gasteiger partial charge in [0.1, 0.15) is 6.61 Å². The van der Waals surface area contributed by atoms with E-state index in [1.54, 1.807) is 0 Å². The molecular weight excluding hydrogens is 606 g/mol. The highest BCUT2D eigenvalue weighted by atomic mass is 16.6. The fourth-order valence-corrected chi connectivity index (χ4v) is 4.84. The first-order chi connectivity index (χ1) is 23.1. The van der Waals surface area contributed by atoms with E-state index in [0.717, 1.165) is 51.4 Å². The standard InChI is InChI=1S/C40H67NO7/c1-6-8-10-12-14-16-17-18-19-20-21-22-23-25-26-28-30-38(42)47-35-36(34-46-33-32-37(40(44)45)41(3,4)5)48-39(43)31-29-27-24-15-13-11-9-7-2/h8,10,14,16,18-19,21-22,25-26,36-37H,6-7,9,11-13,15,17,20,23-24,27-35H2,1-5H3/p+1/b10-8+,16-14+,19-18+,22-21+,26-25+. The summed E-state index contributed by atoms with van der Waals surface area (Å²) in [5, 5.41) is 9.55. The lowest BCUT2D eigenvalue weighted by atomic mass is 10.1. The van der Waals surface area contributed by atoms with Crippen LogP contribution >= 0.6 is 0 Å². The van der Waals surface area contributed by atoms with E-state index in [4.69, 9.17) is 14.2 Å². The number of ether oxygens (including phenoxy) is 3. The van der Waals surface area contributed by atoms with Gasteiger partial charge in [0.05, 0.1) is 34.4 Å². The number of rotatable bonds is 31. The van der Waals surface area contributed by atoms with E-state index in [-0.39, 0.29) is 42.7 Å². The number of allylic oxidation sites excluding steroid dienone is 10. The summed E-state index contributed by atoms with van der Waals surface area (Å²) in [7, 11) is 5.48. The maximum Gasteiger partial charge on any atom is 0.362 e. The van der Waals surface area contributed by atoms with E-state index in [2.05, 4.69) is 62.5 Å². The zero-order valence-electron chi connectivity index (χ0n) is 30.9. The first kappa shape index (κ1) is 45.0. The minimum absolute atomic E-state index is 0.0364. The van der Waals surface area contributed by atoms with Crippen molar-refractivity contribution in [2.24, 2.45) is 0 Å². The number of hydrogen-bond acceptors (Lipinski definition) is 6. The molecule has 0 heterocycles. The highest BCUT2D eigenvalue weighted by Gasteiger charge is 2.31. The third kappa shape index (κ3) is 29.2. The van der Waals surface area contributed by atoms with Crippen LogP contribution in [0.5, 0.6) is 0 Å². The van der Waals surface area contributed by atoms with Gasteiger partial charge in [-0.15, -0.1) is 0 Å². The van der Waals surface area contributed by atoms with Crippen LogP contribution in [-0.2, 0) is 28.6 Å². The zero-order valence-corrected chi connectivity index (χ0v) is 30.9. The first-order valence-electron chi connectivity index (χ1n) is 18.3. The molecule has 2 atom stereocenters. The Hall–Kier alpha value is -2.97. The molecule has 0 aromatic carbocycles. The molecule has 0 saturated carbocycles. The van der Waals surface area contributed by atoms with Gasteiger partial charge in [0.25, 0.3) is 0 Å². The lowest BCUT2D eigenvalue weighted by Crippen LogP contribution is -2.50. The third-order valence-electron chi connectivity index (χ3n) is 7.70. The average molecular weight is 675 g/mol. The Bertz CT molecular complexity index is 975. The normalized spacial score (nSPS) is 13.8. The van der Waals surface area contributed by atoms with Crippen LogP contribution in [0.2, 0.25) is 0 Å². The number of likely N-dealkylation sites (N-methyl/N-ethyl adjacent to an activating group) is 1. The summed E-state index contributed by atoms with van der Waals surface area (Å²) in [5.74, 6) is -1.59. The minimum Gasteiger partial charge on any atom is -0.477 e. The predicted molar refractivity (Wildman–Crippen MR) is 197 cm³/mol. The molecule has 8 heteroatoms. The van der Waals surface area contributed by atoms with Gasteiger partial charge in [0.2, 0.25) is 0 Å². The molecule has 0 rings (SSSR count). The summed E-state index contributed by atoms with van der Waals surface area (Å²) in [4.78, 5) is 36.6. The number of quaternary nitrogens is 1. The highest BCUT2D eigenvalue weighted by molar-refractivity contribution is 5.72. The van der Waals surface area contributed by atoms with Crippen LogP contribution in [-0.4, -0.2) is 80.6 Å². The number of unbranched alkanes of at least 4 members (excludes halogenated alkanes) is 7. The van der Waals surface area contributed by atoms with Gasteiger partial charge >= 0.3 is 17.9 Å². The Balaban J connectivity index is 4.53. The van der Waals surface area contributed by atoms with Crippen molar-refractivity contribution in [2.75, 3.05) is 41.0 Å². The molecule has 0 spiro atoms. The summed E-state index contributed by atoms with van der Waals surface area (Å²) in [6.07, 6.45) is 35.7. The summed E-state index contributed by atoms with van der Waals surface area (Å²) in [5.41, 5.74) is 0. The van der Waals surface area contributed by atoms with Crippen LogP contribution in [0.1, 0.15) is 123 Å². The number of carbonyl (C=O) groups excluding carboxylic acids is 2. The fraction of sp³-hybridized carbons (Fsp3) is 0.675. The smallest absolute Gasteiger partial charge is 0.362 e. The molecule has 2 unspecified atom stereocenters. The molecule has 0 aliphatic rings. The van der Waals surface area contributed by atoms with E-state index in [9.17, 15) is 19.5 Å². The molecule has 0 amide bonds. The van der Waals surface area contributed by atoms with Crippen LogP contribution in [0.25, 0.3) is 0 Å². The number of nitrogens with zero attached hydrogens (tertiary/aromatic N) is 1. The monoisotopic (exact) mass is 674 g/mol. The van der Waals surface area contributed by atoms with Crippen molar-refractivity contribution < 1.29 is 38.2 Å². The number of hydrogen-bond donors (Lipinski definition) is 1. The largest absolute Gasteiger partial charge is 0.477 e. The summed E-state index contributed by atoms with van der Waals surface area (Å²) >= 11 is 0. The lowest BCUT2D eigenvalue weighted by Gasteiger charge is -2.31. The number of carbonyl (C=O) groups is 3. The molecule has 1 N–H and O–H groups in total. The summed E-state index contributed by atoms with van der Waals surface area (Å²) < 4.78 is 17.0. The van der Waals surface area contributed by atoms with Crippen molar-refractivity contribution in [3.05, 3.63) is 60.8 Å². The second-order valence-electron chi connectivity index (χ2n) is 13.1. The van der Waals surface area contributed by atoms with Gasteiger partial charge < -0.3 is 23.8 Å². The van der Waals surface area contributed by atoms with E-state index >= 15 is 0 Å². The first-order valence-corrected chi connectivity index (χ1v) is 18.3. The molecular formula is C40H68NO7+. The number of carboxylic acids is 1. The van der Waals surface area contributed by atoms with E-state index < -0.39 is 18.1 Å². The van der Waals surface area contributed by atoms with Crippen molar-refractivity contribution in [3.8, 4) is 0 Å². The van der Waals surface area contributed by atoms with Gasteiger partial charge in [-0.1, -0.05) is 120 Å². The quantitative estimate of drug-likeness (QED) is 0.0339.